The van der Waals surface area contributed by atoms with E-state index in [2.05, 4.69) is 15.3 Å². The number of nitrogens with one attached hydrogen (secondary N) is 2. The van der Waals surface area contributed by atoms with Gasteiger partial charge in [-0.15, -0.1) is 0 Å². The lowest BCUT2D eigenvalue weighted by Gasteiger charge is -2.03. The second-order valence-electron chi connectivity index (χ2n) is 3.38. The Balaban J connectivity index is 2.26. The molecule has 0 fully saturated rings. The number of para-hydroxylation sites is 2. The fraction of sp³-hybridized carbons (Fsp3) is 0.200. The van der Waals surface area contributed by atoms with E-state index in [1.165, 1.54) is 0 Å². The second-order valence-corrected chi connectivity index (χ2v) is 3.38. The topological polar surface area (TPSA) is 83.8 Å². The van der Waals surface area contributed by atoms with Gasteiger partial charge in [-0.1, -0.05) is 12.1 Å². The Morgan fingerprint density at radius 1 is 1.53 bits per heavy atom. The molecule has 0 aliphatic carbocycles. The summed E-state index contributed by atoms with van der Waals surface area (Å²) in [4.78, 5) is 18.5. The molecule has 2 rings (SSSR count). The minimum atomic E-state index is -0.543. The lowest BCUT2D eigenvalue weighted by atomic mass is 10.3. The van der Waals surface area contributed by atoms with E-state index < -0.39 is 6.04 Å². The van der Waals surface area contributed by atoms with Crippen LogP contribution in [0.5, 0.6) is 0 Å². The highest BCUT2D eigenvalue weighted by atomic mass is 16.2. The molecule has 1 atom stereocenters. The summed E-state index contributed by atoms with van der Waals surface area (Å²) in [6.07, 6.45) is 0. The highest BCUT2D eigenvalue weighted by Crippen LogP contribution is 2.12. The number of fused-ring (bicyclic) bond motifs is 1. The van der Waals surface area contributed by atoms with Crippen LogP contribution in [-0.2, 0) is 4.79 Å². The third-order valence-corrected chi connectivity index (χ3v) is 2.04. The largest absolute Gasteiger partial charge is 0.324 e. The molecule has 0 saturated heterocycles. The first-order valence-electron chi connectivity index (χ1n) is 4.68. The van der Waals surface area contributed by atoms with Crippen molar-refractivity contribution in [2.24, 2.45) is 5.73 Å². The van der Waals surface area contributed by atoms with E-state index >= 15 is 0 Å². The molecule has 2 aromatic rings. The van der Waals surface area contributed by atoms with Crippen molar-refractivity contribution >= 4 is 22.9 Å². The number of hydrogen-bond acceptors (Lipinski definition) is 3. The van der Waals surface area contributed by atoms with E-state index in [9.17, 15) is 4.79 Å². The number of nitrogens with two attached hydrogens (primary N) is 1. The van der Waals surface area contributed by atoms with Gasteiger partial charge in [0.05, 0.1) is 17.1 Å². The smallest absolute Gasteiger partial charge is 0.243 e. The molecule has 0 bridgehead atoms. The average molecular weight is 204 g/mol. The molecule has 1 heterocycles. The number of nitrogens with zero attached hydrogens (tertiary/aromatic N) is 1. The predicted octanol–water partition coefficient (Wildman–Crippen LogP) is 0.849. The van der Waals surface area contributed by atoms with Crippen LogP contribution in [0.3, 0.4) is 0 Å². The summed E-state index contributed by atoms with van der Waals surface area (Å²) < 4.78 is 0. The zero-order chi connectivity index (χ0) is 10.8. The van der Waals surface area contributed by atoms with Crippen molar-refractivity contribution < 1.29 is 4.79 Å². The van der Waals surface area contributed by atoms with Crippen LogP contribution in [0.15, 0.2) is 24.3 Å². The van der Waals surface area contributed by atoms with Gasteiger partial charge in [0, 0.05) is 0 Å². The zero-order valence-electron chi connectivity index (χ0n) is 8.32. The lowest BCUT2D eigenvalue weighted by molar-refractivity contribution is -0.117. The number of carbonyl (C=O) groups is 1. The molecule has 15 heavy (non-hydrogen) atoms. The molecular formula is C10H12N4O. The van der Waals surface area contributed by atoms with E-state index in [-0.39, 0.29) is 5.91 Å². The lowest BCUT2D eigenvalue weighted by Crippen LogP contribution is -2.32. The minimum absolute atomic E-state index is 0.256. The van der Waals surface area contributed by atoms with Gasteiger partial charge in [-0.25, -0.2) is 4.98 Å². The number of imidazole rings is 1. The van der Waals surface area contributed by atoms with E-state index in [0.717, 1.165) is 11.0 Å². The van der Waals surface area contributed by atoms with Crippen LogP contribution < -0.4 is 11.1 Å². The summed E-state index contributed by atoms with van der Waals surface area (Å²) in [5.41, 5.74) is 7.13. The molecule has 1 aromatic carbocycles. The van der Waals surface area contributed by atoms with Gasteiger partial charge in [-0.2, -0.15) is 0 Å². The van der Waals surface area contributed by atoms with Crippen LogP contribution in [-0.4, -0.2) is 21.9 Å². The van der Waals surface area contributed by atoms with Crippen molar-refractivity contribution in [2.45, 2.75) is 13.0 Å². The highest BCUT2D eigenvalue weighted by molar-refractivity contribution is 5.94. The molecule has 0 aliphatic rings. The number of aromatic nitrogens is 2. The first-order chi connectivity index (χ1) is 7.16. The van der Waals surface area contributed by atoms with Crippen LogP contribution >= 0.6 is 0 Å². The number of benzene rings is 1. The fourth-order valence-electron chi connectivity index (χ4n) is 1.24. The standard InChI is InChI=1S/C10H12N4O/c1-6(11)9(15)14-10-12-7-4-2-3-5-8(7)13-10/h2-6H,11H2,1H3,(H2,12,13,14,15)/t6-/m1/s1. The number of H-pyrrole nitrogens is 1. The fourth-order valence-corrected chi connectivity index (χ4v) is 1.24. The Morgan fingerprint density at radius 2 is 2.27 bits per heavy atom. The number of anilines is 1. The molecular weight excluding hydrogens is 192 g/mol. The Labute approximate surface area is 86.7 Å². The van der Waals surface area contributed by atoms with Gasteiger partial charge in [-0.3, -0.25) is 10.1 Å². The summed E-state index contributed by atoms with van der Waals surface area (Å²) in [6.45, 7) is 1.62. The number of carbonyl (C=O) groups excluding carboxylic acids is 1. The van der Waals surface area contributed by atoms with Crippen molar-refractivity contribution in [3.8, 4) is 0 Å². The van der Waals surface area contributed by atoms with Gasteiger partial charge in [0.15, 0.2) is 0 Å². The molecule has 0 spiro atoms. The maximum absolute atomic E-state index is 11.3. The average Bonchev–Trinajstić information content (AvgIpc) is 2.59. The quantitative estimate of drug-likeness (QED) is 0.678. The van der Waals surface area contributed by atoms with Crippen molar-refractivity contribution in [1.82, 2.24) is 9.97 Å². The molecule has 5 heteroatoms. The van der Waals surface area contributed by atoms with Crippen LogP contribution in [0.25, 0.3) is 11.0 Å². The Hall–Kier alpha value is -1.88. The van der Waals surface area contributed by atoms with Gasteiger partial charge >= 0.3 is 0 Å². The Bertz CT molecular complexity index is 456. The van der Waals surface area contributed by atoms with E-state index in [1.807, 2.05) is 24.3 Å². The number of amides is 1. The van der Waals surface area contributed by atoms with Gasteiger partial charge in [0.1, 0.15) is 0 Å². The molecule has 0 radical (unpaired) electrons. The SMILES string of the molecule is C[C@@H](N)C(=O)Nc1nc2ccccc2[nH]1. The molecule has 0 aliphatic heterocycles. The molecule has 1 amide bonds. The van der Waals surface area contributed by atoms with Crippen molar-refractivity contribution in [3.05, 3.63) is 24.3 Å². The van der Waals surface area contributed by atoms with E-state index in [1.54, 1.807) is 6.92 Å². The Kier molecular flexibility index (Phi) is 2.39. The monoisotopic (exact) mass is 204 g/mol. The van der Waals surface area contributed by atoms with E-state index in [0.29, 0.717) is 5.95 Å². The summed E-state index contributed by atoms with van der Waals surface area (Å²) in [5.74, 6) is 0.174. The molecule has 5 nitrogen and oxygen atoms in total. The zero-order valence-corrected chi connectivity index (χ0v) is 8.32. The third-order valence-electron chi connectivity index (χ3n) is 2.04. The number of hydrogen-bond donors (Lipinski definition) is 3. The summed E-state index contributed by atoms with van der Waals surface area (Å²) >= 11 is 0. The van der Waals surface area contributed by atoms with Gasteiger partial charge in [-0.05, 0) is 19.1 Å². The molecule has 1 aromatic heterocycles. The maximum Gasteiger partial charge on any atom is 0.243 e. The van der Waals surface area contributed by atoms with E-state index in [4.69, 9.17) is 5.73 Å². The van der Waals surface area contributed by atoms with Crippen LogP contribution in [0, 0.1) is 0 Å². The van der Waals surface area contributed by atoms with Gasteiger partial charge < -0.3 is 10.7 Å². The van der Waals surface area contributed by atoms with Crippen molar-refractivity contribution in [3.63, 3.8) is 0 Å². The second kappa shape index (κ2) is 3.70. The van der Waals surface area contributed by atoms with Crippen LogP contribution in [0.4, 0.5) is 5.95 Å². The Morgan fingerprint density at radius 3 is 2.93 bits per heavy atom. The maximum atomic E-state index is 11.3. The van der Waals surface area contributed by atoms with Crippen LogP contribution in [0.2, 0.25) is 0 Å². The van der Waals surface area contributed by atoms with Gasteiger partial charge in [0.2, 0.25) is 11.9 Å². The normalized spacial score (nSPS) is 12.7. The van der Waals surface area contributed by atoms with Gasteiger partial charge in [0.25, 0.3) is 0 Å². The predicted molar refractivity (Wildman–Crippen MR) is 58.4 cm³/mol. The first kappa shape index (κ1) is 9.67. The minimum Gasteiger partial charge on any atom is -0.324 e. The van der Waals surface area contributed by atoms with Crippen molar-refractivity contribution in [1.29, 1.82) is 0 Å². The summed E-state index contributed by atoms with van der Waals surface area (Å²) in [6, 6.07) is 7.01. The molecule has 0 unspecified atom stereocenters. The summed E-state index contributed by atoms with van der Waals surface area (Å²) in [5, 5.41) is 2.60. The highest BCUT2D eigenvalue weighted by Gasteiger charge is 2.09. The number of aromatic amines is 1. The number of rotatable bonds is 2. The summed E-state index contributed by atoms with van der Waals surface area (Å²) in [7, 11) is 0. The third kappa shape index (κ3) is 1.97. The molecule has 0 saturated carbocycles. The first-order valence-corrected chi connectivity index (χ1v) is 4.68. The molecule has 78 valence electrons. The molecule has 4 N–H and O–H groups in total. The van der Waals surface area contributed by atoms with Crippen molar-refractivity contribution in [2.75, 3.05) is 5.32 Å². The van der Waals surface area contributed by atoms with Crippen LogP contribution in [0.1, 0.15) is 6.92 Å².